The maximum Gasteiger partial charge on any atom is 0.301 e. The lowest BCUT2D eigenvalue weighted by Gasteiger charge is -2.23. The van der Waals surface area contributed by atoms with Gasteiger partial charge < -0.3 is 9.84 Å². The predicted molar refractivity (Wildman–Crippen MR) is 172 cm³/mol. The van der Waals surface area contributed by atoms with Gasteiger partial charge >= 0.3 is 5.91 Å². The number of imidazole rings is 1. The number of ether oxygens (including phenoxy) is 1. The van der Waals surface area contributed by atoms with Crippen LogP contribution in [0.2, 0.25) is 0 Å². The van der Waals surface area contributed by atoms with Crippen LogP contribution in [0.4, 0.5) is 9.52 Å². The van der Waals surface area contributed by atoms with Crippen molar-refractivity contribution in [1.82, 2.24) is 19.6 Å². The number of Topliss-reactive ketones (excluding diaryl/α,β-unsaturated/α-hetero) is 1. The summed E-state index contributed by atoms with van der Waals surface area (Å²) >= 11 is 2.55. The van der Waals surface area contributed by atoms with Crippen molar-refractivity contribution in [2.45, 2.75) is 49.2 Å². The summed E-state index contributed by atoms with van der Waals surface area (Å²) in [4.78, 5) is 33.4. The summed E-state index contributed by atoms with van der Waals surface area (Å²) in [7, 11) is 0. The molecule has 5 aromatic rings. The summed E-state index contributed by atoms with van der Waals surface area (Å²) in [6.45, 7) is 4.39. The van der Waals surface area contributed by atoms with E-state index in [2.05, 4.69) is 22.1 Å². The van der Waals surface area contributed by atoms with Crippen molar-refractivity contribution in [2.75, 3.05) is 11.5 Å². The molecule has 45 heavy (non-hydrogen) atoms. The van der Waals surface area contributed by atoms with Crippen LogP contribution in [0, 0.1) is 12.7 Å². The molecule has 2 aromatic carbocycles. The van der Waals surface area contributed by atoms with E-state index in [0.29, 0.717) is 45.0 Å². The van der Waals surface area contributed by atoms with E-state index in [1.54, 1.807) is 60.0 Å². The van der Waals surface area contributed by atoms with Crippen LogP contribution in [0.1, 0.15) is 54.7 Å². The van der Waals surface area contributed by atoms with Gasteiger partial charge in [0.2, 0.25) is 5.13 Å². The van der Waals surface area contributed by atoms with Gasteiger partial charge in [0.1, 0.15) is 22.9 Å². The number of aliphatic hydroxyl groups is 1. The highest BCUT2D eigenvalue weighted by Gasteiger charge is 2.49. The van der Waals surface area contributed by atoms with Crippen molar-refractivity contribution < 1.29 is 23.8 Å². The molecule has 1 aliphatic rings. The number of unbranched alkanes of at least 4 members (excludes halogenated alkanes) is 2. The van der Waals surface area contributed by atoms with E-state index in [-0.39, 0.29) is 22.3 Å². The summed E-state index contributed by atoms with van der Waals surface area (Å²) in [6.07, 6.45) is 4.75. The number of anilines is 1. The van der Waals surface area contributed by atoms with Gasteiger partial charge in [-0.2, -0.15) is 0 Å². The molecule has 1 saturated heterocycles. The fourth-order valence-electron chi connectivity index (χ4n) is 5.27. The number of fused-ring (bicyclic) bond motifs is 1. The Balaban J connectivity index is 1.41. The Bertz CT molecular complexity index is 1900. The summed E-state index contributed by atoms with van der Waals surface area (Å²) in [5.74, 6) is -1.20. The van der Waals surface area contributed by atoms with Gasteiger partial charge in [0.15, 0.2) is 10.1 Å². The summed E-state index contributed by atoms with van der Waals surface area (Å²) in [5, 5.41) is 20.6. The third kappa shape index (κ3) is 6.20. The van der Waals surface area contributed by atoms with Crippen LogP contribution in [-0.2, 0) is 15.3 Å². The number of halogens is 1. The number of thioether (sulfide) groups is 1. The number of ketones is 1. The van der Waals surface area contributed by atoms with Gasteiger partial charge in [-0.3, -0.25) is 18.9 Å². The number of carbonyl (C=O) groups is 2. The smallest absolute Gasteiger partial charge is 0.301 e. The second-order valence-corrected chi connectivity index (χ2v) is 12.7. The first-order chi connectivity index (χ1) is 21.9. The van der Waals surface area contributed by atoms with E-state index in [0.717, 1.165) is 36.2 Å². The molecular weight excluding hydrogens is 614 g/mol. The number of hydrogen-bond donors (Lipinski definition) is 1. The van der Waals surface area contributed by atoms with Gasteiger partial charge in [-0.05, 0) is 60.9 Å². The Kier molecular flexibility index (Phi) is 8.95. The zero-order chi connectivity index (χ0) is 31.5. The van der Waals surface area contributed by atoms with Gasteiger partial charge in [0.05, 0.1) is 23.9 Å². The third-order valence-corrected chi connectivity index (χ3v) is 9.57. The molecule has 3 aromatic heterocycles. The molecule has 1 aliphatic heterocycles. The molecule has 9 nitrogen and oxygen atoms in total. The number of benzene rings is 2. The van der Waals surface area contributed by atoms with Crippen molar-refractivity contribution in [3.63, 3.8) is 0 Å². The molecule has 0 radical (unpaired) electrons. The first-order valence-corrected chi connectivity index (χ1v) is 16.3. The number of nitrogens with zero attached hydrogens (tertiary/aromatic N) is 5. The van der Waals surface area contributed by atoms with E-state index in [4.69, 9.17) is 4.74 Å². The molecule has 1 fully saturated rings. The molecule has 1 atom stereocenters. The van der Waals surface area contributed by atoms with Crippen molar-refractivity contribution in [2.24, 2.45) is 0 Å². The van der Waals surface area contributed by atoms with Crippen molar-refractivity contribution in [3.8, 4) is 5.75 Å². The third-order valence-electron chi connectivity index (χ3n) is 7.44. The molecule has 6 rings (SSSR count). The minimum atomic E-state index is -0.999. The van der Waals surface area contributed by atoms with E-state index >= 15 is 0 Å². The zero-order valence-electron chi connectivity index (χ0n) is 24.6. The summed E-state index contributed by atoms with van der Waals surface area (Å²) < 4.78 is 21.6. The summed E-state index contributed by atoms with van der Waals surface area (Å²) in [5.41, 5.74) is 2.83. The maximum atomic E-state index is 13.8. The quantitative estimate of drug-likeness (QED) is 0.0405. The van der Waals surface area contributed by atoms with Crippen LogP contribution in [0.15, 0.2) is 82.8 Å². The van der Waals surface area contributed by atoms with Crippen LogP contribution < -0.4 is 9.64 Å². The molecule has 1 unspecified atom stereocenters. The number of aliphatic hydroxyl groups excluding tert-OH is 1. The lowest BCUT2D eigenvalue weighted by Crippen LogP contribution is -2.29. The number of rotatable bonds is 11. The van der Waals surface area contributed by atoms with Gasteiger partial charge in [0.25, 0.3) is 5.78 Å². The zero-order valence-corrected chi connectivity index (χ0v) is 26.3. The Labute approximate surface area is 267 Å². The predicted octanol–water partition coefficient (Wildman–Crippen LogP) is 7.12. The normalized spacial score (nSPS) is 16.2. The van der Waals surface area contributed by atoms with Crippen LogP contribution in [0.5, 0.6) is 5.75 Å². The number of carbonyl (C=O) groups excluding carboxylic acids is 2. The van der Waals surface area contributed by atoms with E-state index < -0.39 is 17.7 Å². The number of aryl methyl sites for hydroxylation is 1. The Morgan fingerprint density at radius 1 is 1.07 bits per heavy atom. The molecule has 4 heterocycles. The largest absolute Gasteiger partial charge is 0.505 e. The fourth-order valence-corrected chi connectivity index (χ4v) is 7.10. The minimum Gasteiger partial charge on any atom is -0.505 e. The highest BCUT2D eigenvalue weighted by atomic mass is 32.2. The highest BCUT2D eigenvalue weighted by Crippen LogP contribution is 2.45. The molecule has 0 bridgehead atoms. The Hall–Kier alpha value is -4.55. The second-order valence-electron chi connectivity index (χ2n) is 10.5. The molecule has 0 aliphatic carbocycles. The topological polar surface area (TPSA) is 110 Å². The highest BCUT2D eigenvalue weighted by molar-refractivity contribution is 8.00. The van der Waals surface area contributed by atoms with Gasteiger partial charge in [0, 0.05) is 11.9 Å². The number of amides is 1. The number of aromatic nitrogens is 4. The first kappa shape index (κ1) is 30.5. The fraction of sp³-hybridized carbons (Fsp3) is 0.242. The average molecular weight is 644 g/mol. The molecule has 230 valence electrons. The van der Waals surface area contributed by atoms with Gasteiger partial charge in [-0.25, -0.2) is 9.37 Å². The van der Waals surface area contributed by atoms with E-state index in [1.165, 1.54) is 28.8 Å². The molecule has 1 N–H and O–H groups in total. The second kappa shape index (κ2) is 13.2. The monoisotopic (exact) mass is 643 g/mol. The number of pyridine rings is 1. The van der Waals surface area contributed by atoms with Crippen LogP contribution >= 0.6 is 23.1 Å². The average Bonchev–Trinajstić information content (AvgIpc) is 3.72. The maximum absolute atomic E-state index is 13.8. The Morgan fingerprint density at radius 2 is 1.89 bits per heavy atom. The standard InChI is InChI=1S/C33H30FN5O4S2/c1-3-4-7-17-43-24-10-8-9-22(18-24)28-26(29(40)27-20(2)35-25-11-5-6-16-38(25)27)30(41)31(42)39(28)32-36-37-33(45-32)44-19-21-12-14-23(34)15-13-21/h5-6,8-16,18,28,40H,3-4,7,17,19H2,1-2H3/b29-26+. The van der Waals surface area contributed by atoms with Crippen LogP contribution in [0.3, 0.4) is 0 Å². The van der Waals surface area contributed by atoms with E-state index in [1.807, 2.05) is 12.1 Å². The van der Waals surface area contributed by atoms with Gasteiger partial charge in [-0.1, -0.05) is 73.2 Å². The molecule has 0 saturated carbocycles. The first-order valence-electron chi connectivity index (χ1n) is 14.5. The van der Waals surface area contributed by atoms with Crippen LogP contribution in [0.25, 0.3) is 11.4 Å². The van der Waals surface area contributed by atoms with Crippen molar-refractivity contribution >= 4 is 51.3 Å². The van der Waals surface area contributed by atoms with Gasteiger partial charge in [-0.15, -0.1) is 10.2 Å². The summed E-state index contributed by atoms with van der Waals surface area (Å²) in [6, 6.07) is 17.8. The lowest BCUT2D eigenvalue weighted by molar-refractivity contribution is -0.132. The molecular formula is C33H30FN5O4S2. The molecule has 0 spiro atoms. The lowest BCUT2D eigenvalue weighted by atomic mass is 9.96. The van der Waals surface area contributed by atoms with Crippen molar-refractivity contribution in [1.29, 1.82) is 0 Å². The van der Waals surface area contributed by atoms with Crippen molar-refractivity contribution in [3.05, 3.63) is 107 Å². The van der Waals surface area contributed by atoms with Crippen LogP contribution in [-0.4, -0.2) is 43.0 Å². The number of hydrogen-bond acceptors (Lipinski definition) is 9. The SMILES string of the molecule is CCCCCOc1cccc(C2/C(=C(\O)c3c(C)nc4ccccn34)C(=O)C(=O)N2c2nnc(SCc3ccc(F)cc3)s2)c1. The Morgan fingerprint density at radius 3 is 2.69 bits per heavy atom. The van der Waals surface area contributed by atoms with E-state index in [9.17, 15) is 19.1 Å². The molecule has 1 amide bonds. The molecule has 12 heteroatoms. The minimum absolute atomic E-state index is 0.0763.